The van der Waals surface area contributed by atoms with Crippen molar-refractivity contribution in [3.05, 3.63) is 41.5 Å². The zero-order chi connectivity index (χ0) is 15.1. The topological polar surface area (TPSA) is 41.1 Å². The monoisotopic (exact) mass is 286 g/mol. The lowest BCUT2D eigenvalue weighted by molar-refractivity contribution is -0.117. The van der Waals surface area contributed by atoms with E-state index in [0.29, 0.717) is 5.92 Å². The molecule has 0 spiro atoms. The predicted molar refractivity (Wildman–Crippen MR) is 87.9 cm³/mol. The number of allylic oxidation sites excluding steroid dienone is 1. The van der Waals surface area contributed by atoms with Crippen LogP contribution in [0.25, 0.3) is 5.57 Å². The summed E-state index contributed by atoms with van der Waals surface area (Å²) >= 11 is 0. The molecule has 2 N–H and O–H groups in total. The summed E-state index contributed by atoms with van der Waals surface area (Å²) in [6.07, 6.45) is 3.18. The summed E-state index contributed by atoms with van der Waals surface area (Å²) < 4.78 is 0. The quantitative estimate of drug-likeness (QED) is 0.623. The van der Waals surface area contributed by atoms with E-state index in [1.165, 1.54) is 0 Å². The zero-order valence-electron chi connectivity index (χ0n) is 13.1. The van der Waals surface area contributed by atoms with E-state index in [1.54, 1.807) is 0 Å². The molecule has 0 saturated carbocycles. The Morgan fingerprint density at radius 1 is 1.33 bits per heavy atom. The minimum absolute atomic E-state index is 0.110. The predicted octanol–water partition coefficient (Wildman–Crippen LogP) is 2.99. The maximum Gasteiger partial charge on any atom is 0.247 e. The molecule has 114 valence electrons. The highest BCUT2D eigenvalue weighted by Crippen LogP contribution is 2.27. The van der Waals surface area contributed by atoms with Crippen LogP contribution in [-0.4, -0.2) is 25.5 Å². The Labute approximate surface area is 127 Å². The first-order valence-electron chi connectivity index (χ1n) is 7.99. The molecule has 0 aromatic heterocycles. The summed E-state index contributed by atoms with van der Waals surface area (Å²) in [7, 11) is 0. The van der Waals surface area contributed by atoms with E-state index in [2.05, 4.69) is 36.6 Å². The number of amides is 1. The molecule has 1 aromatic rings. The maximum atomic E-state index is 12.6. The summed E-state index contributed by atoms with van der Waals surface area (Å²) in [6, 6.07) is 10.2. The minimum atomic E-state index is 0.110. The molecule has 1 aromatic carbocycles. The molecule has 21 heavy (non-hydrogen) atoms. The van der Waals surface area contributed by atoms with E-state index in [1.807, 2.05) is 18.2 Å². The summed E-state index contributed by atoms with van der Waals surface area (Å²) in [4.78, 5) is 12.6. The second-order valence-electron chi connectivity index (χ2n) is 5.70. The SMILES string of the molecule is CCCCNC(=O)/C(=C(/C)c1ccccc1)C1CCNC1. The number of unbranched alkanes of at least 4 members (excludes halogenated alkanes) is 1. The summed E-state index contributed by atoms with van der Waals surface area (Å²) in [6.45, 7) is 6.88. The fourth-order valence-corrected chi connectivity index (χ4v) is 2.88. The van der Waals surface area contributed by atoms with Gasteiger partial charge < -0.3 is 10.6 Å². The van der Waals surface area contributed by atoms with E-state index in [9.17, 15) is 4.79 Å². The molecule has 0 bridgehead atoms. The highest BCUT2D eigenvalue weighted by Gasteiger charge is 2.26. The third-order valence-electron chi connectivity index (χ3n) is 4.14. The molecule has 1 aliphatic rings. The van der Waals surface area contributed by atoms with Crippen LogP contribution in [0.1, 0.15) is 38.7 Å². The largest absolute Gasteiger partial charge is 0.352 e. The van der Waals surface area contributed by atoms with Gasteiger partial charge in [-0.25, -0.2) is 0 Å². The number of hydrogen-bond acceptors (Lipinski definition) is 2. The van der Waals surface area contributed by atoms with Gasteiger partial charge in [0.05, 0.1) is 0 Å². The Morgan fingerprint density at radius 3 is 2.71 bits per heavy atom. The molecular formula is C18H26N2O. The molecule has 1 unspecified atom stereocenters. The van der Waals surface area contributed by atoms with Gasteiger partial charge in [-0.05, 0) is 37.4 Å². The highest BCUT2D eigenvalue weighted by atomic mass is 16.1. The average Bonchev–Trinajstić information content (AvgIpc) is 3.02. The van der Waals surface area contributed by atoms with Crippen LogP contribution in [0.15, 0.2) is 35.9 Å². The zero-order valence-corrected chi connectivity index (χ0v) is 13.1. The van der Waals surface area contributed by atoms with Crippen LogP contribution in [0, 0.1) is 5.92 Å². The van der Waals surface area contributed by atoms with Crippen molar-refractivity contribution in [1.82, 2.24) is 10.6 Å². The van der Waals surface area contributed by atoms with Crippen LogP contribution < -0.4 is 10.6 Å². The van der Waals surface area contributed by atoms with Crippen molar-refractivity contribution in [1.29, 1.82) is 0 Å². The number of nitrogens with one attached hydrogen (secondary N) is 2. The van der Waals surface area contributed by atoms with Gasteiger partial charge >= 0.3 is 0 Å². The Morgan fingerprint density at radius 2 is 2.10 bits per heavy atom. The third kappa shape index (κ3) is 4.18. The molecule has 1 amide bonds. The Kier molecular flexibility index (Phi) is 6.00. The Bertz CT molecular complexity index is 487. The number of benzene rings is 1. The van der Waals surface area contributed by atoms with Gasteiger partial charge in [0.15, 0.2) is 0 Å². The van der Waals surface area contributed by atoms with Crippen LogP contribution in [0.4, 0.5) is 0 Å². The van der Waals surface area contributed by atoms with E-state index in [0.717, 1.165) is 55.6 Å². The lowest BCUT2D eigenvalue weighted by Crippen LogP contribution is -2.30. The number of hydrogen-bond donors (Lipinski definition) is 2. The second kappa shape index (κ2) is 7.99. The first-order chi connectivity index (χ1) is 10.2. The molecule has 1 heterocycles. The highest BCUT2D eigenvalue weighted by molar-refractivity contribution is 6.01. The fourth-order valence-electron chi connectivity index (χ4n) is 2.88. The minimum Gasteiger partial charge on any atom is -0.352 e. The smallest absolute Gasteiger partial charge is 0.247 e. The van der Waals surface area contributed by atoms with E-state index < -0.39 is 0 Å². The summed E-state index contributed by atoms with van der Waals surface area (Å²) in [5.74, 6) is 0.435. The standard InChI is InChI=1S/C18H26N2O/c1-3-4-11-20-18(21)17(16-10-12-19-13-16)14(2)15-8-6-5-7-9-15/h5-9,16,19H,3-4,10-13H2,1-2H3,(H,20,21)/b17-14-. The van der Waals surface area contributed by atoms with Crippen LogP contribution in [-0.2, 0) is 4.79 Å². The lowest BCUT2D eigenvalue weighted by atomic mass is 9.90. The molecule has 1 atom stereocenters. The van der Waals surface area contributed by atoms with E-state index >= 15 is 0 Å². The van der Waals surface area contributed by atoms with Crippen molar-refractivity contribution in [2.75, 3.05) is 19.6 Å². The van der Waals surface area contributed by atoms with Crippen LogP contribution in [0.3, 0.4) is 0 Å². The van der Waals surface area contributed by atoms with Gasteiger partial charge in [0.25, 0.3) is 0 Å². The lowest BCUT2D eigenvalue weighted by Gasteiger charge is -2.18. The number of carbonyl (C=O) groups is 1. The van der Waals surface area contributed by atoms with Gasteiger partial charge in [-0.15, -0.1) is 0 Å². The van der Waals surface area contributed by atoms with Gasteiger partial charge in [0, 0.05) is 24.6 Å². The Hall–Kier alpha value is -1.61. The fraction of sp³-hybridized carbons (Fsp3) is 0.500. The molecule has 0 radical (unpaired) electrons. The van der Waals surface area contributed by atoms with Crippen molar-refractivity contribution >= 4 is 11.5 Å². The molecular weight excluding hydrogens is 260 g/mol. The van der Waals surface area contributed by atoms with Crippen molar-refractivity contribution in [3.63, 3.8) is 0 Å². The first kappa shape index (κ1) is 15.8. The average molecular weight is 286 g/mol. The Balaban J connectivity index is 2.24. The van der Waals surface area contributed by atoms with Gasteiger partial charge in [0.1, 0.15) is 0 Å². The number of carbonyl (C=O) groups excluding carboxylic acids is 1. The van der Waals surface area contributed by atoms with Crippen LogP contribution in [0.2, 0.25) is 0 Å². The normalized spacial score (nSPS) is 19.2. The molecule has 3 heteroatoms. The second-order valence-corrected chi connectivity index (χ2v) is 5.70. The molecule has 1 fully saturated rings. The van der Waals surface area contributed by atoms with Gasteiger partial charge in [-0.1, -0.05) is 43.7 Å². The maximum absolute atomic E-state index is 12.6. The molecule has 1 saturated heterocycles. The van der Waals surface area contributed by atoms with Crippen molar-refractivity contribution in [2.45, 2.75) is 33.1 Å². The molecule has 2 rings (SSSR count). The van der Waals surface area contributed by atoms with Crippen molar-refractivity contribution in [2.24, 2.45) is 5.92 Å². The van der Waals surface area contributed by atoms with Gasteiger partial charge in [-0.3, -0.25) is 4.79 Å². The summed E-state index contributed by atoms with van der Waals surface area (Å²) in [5, 5.41) is 6.45. The molecule has 0 aliphatic carbocycles. The number of rotatable bonds is 6. The van der Waals surface area contributed by atoms with Crippen LogP contribution >= 0.6 is 0 Å². The van der Waals surface area contributed by atoms with Crippen molar-refractivity contribution < 1.29 is 4.79 Å². The molecule has 1 aliphatic heterocycles. The third-order valence-corrected chi connectivity index (χ3v) is 4.14. The van der Waals surface area contributed by atoms with Crippen molar-refractivity contribution in [3.8, 4) is 0 Å². The molecule has 3 nitrogen and oxygen atoms in total. The summed E-state index contributed by atoms with van der Waals surface area (Å²) in [5.41, 5.74) is 3.21. The van der Waals surface area contributed by atoms with Crippen LogP contribution in [0.5, 0.6) is 0 Å². The van der Waals surface area contributed by atoms with Gasteiger partial charge in [-0.2, -0.15) is 0 Å². The van der Waals surface area contributed by atoms with E-state index in [4.69, 9.17) is 0 Å². The van der Waals surface area contributed by atoms with Gasteiger partial charge in [0.2, 0.25) is 5.91 Å². The first-order valence-corrected chi connectivity index (χ1v) is 7.99. The van der Waals surface area contributed by atoms with E-state index in [-0.39, 0.29) is 5.91 Å².